The van der Waals surface area contributed by atoms with Gasteiger partial charge in [0.1, 0.15) is 11.3 Å². The number of hydrogen-bond acceptors (Lipinski definition) is 4. The van der Waals surface area contributed by atoms with Crippen LogP contribution in [-0.4, -0.2) is 13.2 Å². The molecule has 0 radical (unpaired) electrons. The van der Waals surface area contributed by atoms with Crippen LogP contribution in [-0.2, 0) is 28.3 Å². The third kappa shape index (κ3) is 1.50. The van der Waals surface area contributed by atoms with E-state index in [0.29, 0.717) is 13.2 Å². The summed E-state index contributed by atoms with van der Waals surface area (Å²) in [4.78, 5) is 14.8. The third-order valence-electron chi connectivity index (χ3n) is 4.00. The number of rotatable bonds is 3. The van der Waals surface area contributed by atoms with Crippen LogP contribution in [0.1, 0.15) is 36.0 Å². The summed E-state index contributed by atoms with van der Waals surface area (Å²) in [7, 11) is 1.65. The molecule has 1 aliphatic carbocycles. The standard InChI is InChI=1S/C14H15NO3/c1-17-12-4-3-10-7-18-8-11(10)13(12)14(15-9-16)5-2-6-14/h3-4H,2,5-8H2,1H3. The highest BCUT2D eigenvalue weighted by molar-refractivity contribution is 5.53. The van der Waals surface area contributed by atoms with Crippen molar-refractivity contribution in [1.82, 2.24) is 0 Å². The maximum Gasteiger partial charge on any atom is 0.235 e. The molecule has 1 fully saturated rings. The van der Waals surface area contributed by atoms with Crippen molar-refractivity contribution < 1.29 is 14.3 Å². The number of hydrogen-bond donors (Lipinski definition) is 0. The van der Waals surface area contributed by atoms with E-state index in [1.165, 1.54) is 5.56 Å². The van der Waals surface area contributed by atoms with E-state index in [1.54, 1.807) is 13.2 Å². The molecule has 0 aromatic heterocycles. The predicted molar refractivity (Wildman–Crippen MR) is 65.1 cm³/mol. The van der Waals surface area contributed by atoms with Gasteiger partial charge in [0.05, 0.1) is 20.3 Å². The van der Waals surface area contributed by atoms with Gasteiger partial charge in [-0.15, -0.1) is 0 Å². The first-order valence-electron chi connectivity index (χ1n) is 6.17. The molecule has 1 aromatic carbocycles. The lowest BCUT2D eigenvalue weighted by Gasteiger charge is -2.39. The van der Waals surface area contributed by atoms with E-state index >= 15 is 0 Å². The van der Waals surface area contributed by atoms with Crippen molar-refractivity contribution in [2.75, 3.05) is 7.11 Å². The first kappa shape index (κ1) is 11.5. The van der Waals surface area contributed by atoms with Crippen LogP contribution in [0.3, 0.4) is 0 Å². The van der Waals surface area contributed by atoms with E-state index in [4.69, 9.17) is 9.47 Å². The Morgan fingerprint density at radius 2 is 2.22 bits per heavy atom. The monoisotopic (exact) mass is 245 g/mol. The van der Waals surface area contributed by atoms with E-state index in [-0.39, 0.29) is 0 Å². The van der Waals surface area contributed by atoms with Gasteiger partial charge in [-0.3, -0.25) is 0 Å². The smallest absolute Gasteiger partial charge is 0.235 e. The van der Waals surface area contributed by atoms with Gasteiger partial charge in [-0.25, -0.2) is 4.79 Å². The lowest BCUT2D eigenvalue weighted by molar-refractivity contribution is 0.132. The topological polar surface area (TPSA) is 47.9 Å². The van der Waals surface area contributed by atoms with Crippen molar-refractivity contribution >= 4 is 6.08 Å². The van der Waals surface area contributed by atoms with Gasteiger partial charge in [-0.1, -0.05) is 6.07 Å². The number of benzene rings is 1. The second-order valence-corrected chi connectivity index (χ2v) is 4.86. The SMILES string of the molecule is COc1ccc2c(c1C1(N=C=O)CCC1)COC2. The Kier molecular flexibility index (Phi) is 2.69. The molecule has 1 aromatic rings. The van der Waals surface area contributed by atoms with Crippen LogP contribution in [0.4, 0.5) is 0 Å². The number of fused-ring (bicyclic) bond motifs is 1. The Labute approximate surface area is 106 Å². The summed E-state index contributed by atoms with van der Waals surface area (Å²) >= 11 is 0. The quantitative estimate of drug-likeness (QED) is 0.607. The molecule has 1 aliphatic heterocycles. The van der Waals surface area contributed by atoms with Crippen molar-refractivity contribution in [1.29, 1.82) is 0 Å². The average Bonchev–Trinajstić information content (AvgIpc) is 2.81. The highest BCUT2D eigenvalue weighted by Crippen LogP contribution is 2.50. The molecule has 4 heteroatoms. The van der Waals surface area contributed by atoms with Crippen LogP contribution in [0.2, 0.25) is 0 Å². The molecule has 0 N–H and O–H groups in total. The maximum atomic E-state index is 10.7. The zero-order valence-electron chi connectivity index (χ0n) is 10.4. The van der Waals surface area contributed by atoms with Gasteiger partial charge in [0.2, 0.25) is 6.08 Å². The van der Waals surface area contributed by atoms with Crippen molar-refractivity contribution in [3.05, 3.63) is 28.8 Å². The normalized spacial score (nSPS) is 19.6. The van der Waals surface area contributed by atoms with Crippen molar-refractivity contribution in [3.63, 3.8) is 0 Å². The second kappa shape index (κ2) is 4.23. The Morgan fingerprint density at radius 1 is 1.39 bits per heavy atom. The maximum absolute atomic E-state index is 10.7. The van der Waals surface area contributed by atoms with Crippen molar-refractivity contribution in [2.45, 2.75) is 38.0 Å². The van der Waals surface area contributed by atoms with E-state index < -0.39 is 5.54 Å². The molecule has 18 heavy (non-hydrogen) atoms. The molecule has 4 nitrogen and oxygen atoms in total. The number of isocyanates is 1. The summed E-state index contributed by atoms with van der Waals surface area (Å²) in [6, 6.07) is 3.98. The van der Waals surface area contributed by atoms with Gasteiger partial charge in [0.15, 0.2) is 0 Å². The van der Waals surface area contributed by atoms with E-state index in [9.17, 15) is 4.79 Å². The fourth-order valence-corrected chi connectivity index (χ4v) is 2.93. The zero-order valence-corrected chi connectivity index (χ0v) is 10.4. The molecule has 0 amide bonds. The first-order chi connectivity index (χ1) is 8.80. The minimum absolute atomic E-state index is 0.424. The van der Waals surface area contributed by atoms with Crippen LogP contribution in [0.5, 0.6) is 5.75 Å². The Morgan fingerprint density at radius 3 is 2.83 bits per heavy atom. The fourth-order valence-electron chi connectivity index (χ4n) is 2.93. The molecular weight excluding hydrogens is 230 g/mol. The summed E-state index contributed by atoms with van der Waals surface area (Å²) in [5.41, 5.74) is 2.94. The summed E-state index contributed by atoms with van der Waals surface area (Å²) in [6.45, 7) is 1.21. The van der Waals surface area contributed by atoms with Crippen LogP contribution in [0.25, 0.3) is 0 Å². The Hall–Kier alpha value is -1.64. The highest BCUT2D eigenvalue weighted by atomic mass is 16.5. The Bertz CT molecular complexity index is 528. The first-order valence-corrected chi connectivity index (χ1v) is 6.17. The number of nitrogens with zero attached hydrogens (tertiary/aromatic N) is 1. The minimum atomic E-state index is -0.424. The highest BCUT2D eigenvalue weighted by Gasteiger charge is 2.43. The number of ether oxygens (including phenoxy) is 2. The molecule has 0 saturated heterocycles. The fraction of sp³-hybridized carbons (Fsp3) is 0.500. The molecule has 94 valence electrons. The van der Waals surface area contributed by atoms with Crippen molar-refractivity contribution in [2.24, 2.45) is 4.99 Å². The average molecular weight is 245 g/mol. The van der Waals surface area contributed by atoms with Gasteiger partial charge in [0, 0.05) is 5.56 Å². The molecule has 0 spiro atoms. The molecule has 1 heterocycles. The number of methoxy groups -OCH3 is 1. The summed E-state index contributed by atoms with van der Waals surface area (Å²) in [5.74, 6) is 0.804. The largest absolute Gasteiger partial charge is 0.496 e. The molecule has 0 unspecified atom stereocenters. The molecule has 2 aliphatic rings. The lowest BCUT2D eigenvalue weighted by Crippen LogP contribution is -2.33. The summed E-state index contributed by atoms with van der Waals surface area (Å²) in [6.07, 6.45) is 4.58. The van der Waals surface area contributed by atoms with Crippen molar-refractivity contribution in [3.8, 4) is 5.75 Å². The van der Waals surface area contributed by atoms with E-state index in [1.807, 2.05) is 12.1 Å². The van der Waals surface area contributed by atoms with Crippen LogP contribution in [0.15, 0.2) is 17.1 Å². The minimum Gasteiger partial charge on any atom is -0.496 e. The molecule has 3 rings (SSSR count). The number of carbonyl (C=O) groups excluding carboxylic acids is 1. The van der Waals surface area contributed by atoms with Crippen LogP contribution >= 0.6 is 0 Å². The molecule has 0 atom stereocenters. The van der Waals surface area contributed by atoms with Gasteiger partial charge in [-0.2, -0.15) is 4.99 Å². The van der Waals surface area contributed by atoms with Gasteiger partial charge in [0.25, 0.3) is 0 Å². The van der Waals surface area contributed by atoms with E-state index in [2.05, 4.69) is 4.99 Å². The third-order valence-corrected chi connectivity index (χ3v) is 4.00. The predicted octanol–water partition coefficient (Wildman–Crippen LogP) is 2.44. The lowest BCUT2D eigenvalue weighted by atomic mass is 9.70. The van der Waals surface area contributed by atoms with Gasteiger partial charge < -0.3 is 9.47 Å². The molecule has 1 saturated carbocycles. The van der Waals surface area contributed by atoms with Crippen LogP contribution in [0, 0.1) is 0 Å². The van der Waals surface area contributed by atoms with Gasteiger partial charge >= 0.3 is 0 Å². The van der Waals surface area contributed by atoms with Crippen LogP contribution < -0.4 is 4.74 Å². The summed E-state index contributed by atoms with van der Waals surface area (Å²) in [5, 5.41) is 0. The molecule has 0 bridgehead atoms. The summed E-state index contributed by atoms with van der Waals surface area (Å²) < 4.78 is 11.0. The molecular formula is C14H15NO3. The van der Waals surface area contributed by atoms with E-state index in [0.717, 1.165) is 36.1 Å². The Balaban J connectivity index is 2.20. The number of aliphatic imine (C=N–C) groups is 1. The second-order valence-electron chi connectivity index (χ2n) is 4.86. The van der Waals surface area contributed by atoms with Gasteiger partial charge in [-0.05, 0) is 36.5 Å². The zero-order chi connectivity index (χ0) is 12.6.